The Bertz CT molecular complexity index is 1990. The lowest BCUT2D eigenvalue weighted by atomic mass is 9.82. The van der Waals surface area contributed by atoms with Gasteiger partial charge in [0.05, 0.1) is 23.8 Å². The molecule has 47 heavy (non-hydrogen) atoms. The normalized spacial score (nSPS) is 21.4. The summed E-state index contributed by atoms with van der Waals surface area (Å²) in [7, 11) is 0. The highest BCUT2D eigenvalue weighted by Gasteiger charge is 2.41. The highest BCUT2D eigenvalue weighted by atomic mass is 79.9. The Morgan fingerprint density at radius 3 is 2.34 bits per heavy atom. The van der Waals surface area contributed by atoms with Gasteiger partial charge in [0.1, 0.15) is 24.6 Å². The van der Waals surface area contributed by atoms with Crippen LogP contribution in [0, 0.1) is 23.3 Å². The number of rotatable bonds is 5. The fourth-order valence-corrected chi connectivity index (χ4v) is 8.58. The second-order valence-electron chi connectivity index (χ2n) is 13.7. The van der Waals surface area contributed by atoms with Gasteiger partial charge in [-0.25, -0.2) is 17.7 Å². The number of epoxide rings is 1. The summed E-state index contributed by atoms with van der Waals surface area (Å²) in [6.07, 6.45) is 6.39. The van der Waals surface area contributed by atoms with Crippen LogP contribution in [0.4, 0.5) is 23.2 Å². The molecule has 0 bridgehead atoms. The molecule has 0 aromatic heterocycles. The quantitative estimate of drug-likeness (QED) is 0.0851. The van der Waals surface area contributed by atoms with Crippen LogP contribution >= 0.6 is 0 Å². The number of anilines is 1. The minimum atomic E-state index is -2.05. The van der Waals surface area contributed by atoms with Gasteiger partial charge < -0.3 is 41.2 Å². The maximum atomic E-state index is 16.5. The van der Waals surface area contributed by atoms with Crippen molar-refractivity contribution in [3.8, 4) is 17.2 Å². The first-order valence-corrected chi connectivity index (χ1v) is 16.5. The van der Waals surface area contributed by atoms with Crippen molar-refractivity contribution in [2.45, 2.75) is 76.6 Å². The Balaban J connectivity index is 0.00000324. The van der Waals surface area contributed by atoms with Crippen molar-refractivity contribution in [1.82, 2.24) is 4.58 Å². The molecular formula is C36H35BrF4N2O4. The van der Waals surface area contributed by atoms with E-state index in [2.05, 4.69) is 9.48 Å². The lowest BCUT2D eigenvalue weighted by Gasteiger charge is -2.39. The monoisotopic (exact) mass is 714 g/mol. The predicted molar refractivity (Wildman–Crippen MR) is 162 cm³/mol. The molecule has 2 atom stereocenters. The number of hydrogen-bond donors (Lipinski definition) is 1. The van der Waals surface area contributed by atoms with Gasteiger partial charge >= 0.3 is 0 Å². The molecule has 6 aliphatic rings. The van der Waals surface area contributed by atoms with Gasteiger partial charge in [0.15, 0.2) is 17.4 Å². The summed E-state index contributed by atoms with van der Waals surface area (Å²) in [5, 5.41) is 12.8. The highest BCUT2D eigenvalue weighted by Crippen LogP contribution is 2.50. The Hall–Kier alpha value is -3.15. The molecule has 0 spiro atoms. The van der Waals surface area contributed by atoms with Crippen LogP contribution in [-0.4, -0.2) is 49.8 Å². The maximum absolute atomic E-state index is 16.5. The average molecular weight is 716 g/mol. The van der Waals surface area contributed by atoms with E-state index in [1.165, 1.54) is 6.92 Å². The number of halogens is 5. The number of fused-ring (bicyclic) bond motifs is 4. The van der Waals surface area contributed by atoms with Crippen LogP contribution in [0.3, 0.4) is 0 Å². The van der Waals surface area contributed by atoms with Crippen LogP contribution in [0.15, 0.2) is 12.1 Å². The summed E-state index contributed by atoms with van der Waals surface area (Å²) in [5.74, 6) is -8.99. The third-order valence-electron chi connectivity index (χ3n) is 10.5. The highest BCUT2D eigenvalue weighted by molar-refractivity contribution is 5.91. The van der Waals surface area contributed by atoms with E-state index in [4.69, 9.17) is 14.2 Å². The molecule has 1 saturated heterocycles. The fraction of sp³-hybridized carbons (Fsp3) is 0.472. The third-order valence-corrected chi connectivity index (χ3v) is 10.5. The molecule has 6 heterocycles. The van der Waals surface area contributed by atoms with Crippen LogP contribution in [0.1, 0.15) is 72.4 Å². The minimum absolute atomic E-state index is 0. The number of hydrogen-bond acceptors (Lipinski definition) is 5. The molecule has 0 amide bonds. The Kier molecular flexibility index (Phi) is 7.42. The first kappa shape index (κ1) is 31.1. The van der Waals surface area contributed by atoms with Gasteiger partial charge in [0.25, 0.3) is 0 Å². The molecule has 3 aromatic carbocycles. The molecule has 2 unspecified atom stereocenters. The molecule has 6 nitrogen and oxygen atoms in total. The Morgan fingerprint density at radius 2 is 1.57 bits per heavy atom. The number of ether oxygens (including phenoxy) is 3. The molecule has 1 N–H and O–H groups in total. The molecule has 6 aliphatic heterocycles. The van der Waals surface area contributed by atoms with Gasteiger partial charge in [0.2, 0.25) is 22.8 Å². The number of nitrogens with zero attached hydrogens (tertiary/aromatic N) is 2. The SMILES string of the molecule is CC(O)(CC1CO1)Oc1c(F)c(F)c(F)c(F)c1C1=c2cc3c4c(c2Oc2c1cc1c5c2CCCN5CCC1)CCC[N+]=4CCC3.[Br-]. The molecule has 248 valence electrons. The van der Waals surface area contributed by atoms with Crippen LogP contribution in [0.25, 0.3) is 5.57 Å². The zero-order valence-electron chi connectivity index (χ0n) is 26.1. The van der Waals surface area contributed by atoms with Crippen molar-refractivity contribution in [2.24, 2.45) is 0 Å². The summed E-state index contributed by atoms with van der Waals surface area (Å²) in [6, 6.07) is 3.92. The van der Waals surface area contributed by atoms with E-state index in [0.717, 1.165) is 111 Å². The second-order valence-corrected chi connectivity index (χ2v) is 13.7. The Labute approximate surface area is 280 Å². The van der Waals surface area contributed by atoms with Crippen molar-refractivity contribution in [2.75, 3.05) is 37.7 Å². The number of benzene rings is 3. The molecule has 0 saturated carbocycles. The molecule has 0 radical (unpaired) electrons. The lowest BCUT2D eigenvalue weighted by molar-refractivity contribution is -0.132. The van der Waals surface area contributed by atoms with E-state index in [1.54, 1.807) is 0 Å². The van der Waals surface area contributed by atoms with Crippen LogP contribution in [0.5, 0.6) is 17.2 Å². The molecule has 9 rings (SSSR count). The second kappa shape index (κ2) is 11.2. The minimum Gasteiger partial charge on any atom is -1.00 e. The van der Waals surface area contributed by atoms with E-state index >= 15 is 17.6 Å². The van der Waals surface area contributed by atoms with Gasteiger partial charge in [-0.15, -0.1) is 0 Å². The van der Waals surface area contributed by atoms with Crippen molar-refractivity contribution in [3.63, 3.8) is 0 Å². The molecule has 11 heteroatoms. The van der Waals surface area contributed by atoms with Gasteiger partial charge in [-0.1, -0.05) is 0 Å². The number of aliphatic hydroxyl groups is 1. The van der Waals surface area contributed by atoms with Gasteiger partial charge in [-0.3, -0.25) is 0 Å². The lowest BCUT2D eigenvalue weighted by Crippen LogP contribution is -3.00. The largest absolute Gasteiger partial charge is 1.00 e. The molecule has 1 fully saturated rings. The van der Waals surface area contributed by atoms with Crippen molar-refractivity contribution in [3.05, 3.63) is 79.4 Å². The topological polar surface area (TPSA) is 57.5 Å². The first-order valence-electron chi connectivity index (χ1n) is 16.5. The molecule has 3 aromatic rings. The van der Waals surface area contributed by atoms with E-state index in [-0.39, 0.29) is 35.1 Å². The molecular weight excluding hydrogens is 680 g/mol. The summed E-state index contributed by atoms with van der Waals surface area (Å²) >= 11 is 0. The van der Waals surface area contributed by atoms with Crippen LogP contribution in [0.2, 0.25) is 0 Å². The van der Waals surface area contributed by atoms with Crippen LogP contribution in [-0.2, 0) is 30.4 Å². The summed E-state index contributed by atoms with van der Waals surface area (Å²) in [5.41, 5.74) is 5.42. The summed E-state index contributed by atoms with van der Waals surface area (Å²) in [6.45, 7) is 5.39. The van der Waals surface area contributed by atoms with Crippen molar-refractivity contribution < 1.29 is 53.9 Å². The zero-order chi connectivity index (χ0) is 31.5. The van der Waals surface area contributed by atoms with E-state index in [1.807, 2.05) is 12.1 Å². The fourth-order valence-electron chi connectivity index (χ4n) is 8.58. The van der Waals surface area contributed by atoms with Gasteiger partial charge in [-0.05, 0) is 56.2 Å². The average Bonchev–Trinajstić information content (AvgIpc) is 3.86. The standard InChI is InChI=1S/C36H35F4N2O4.BrH/c1-36(43,16-20-17-44-20)46-35-26(27(37)28(38)29(39)30(35)40)25-23-14-18-6-2-10-41-12-4-8-21(31(18)41)33(23)45-34-22-9-5-13-42-11-3-7-19(32(22)42)15-24(25)34;/h14-15,20,43H,2-13,16-17H2,1H3;1H/q+1;/p-1. The summed E-state index contributed by atoms with van der Waals surface area (Å²) in [4.78, 5) is 2.37. The zero-order valence-corrected chi connectivity index (χ0v) is 27.7. The third kappa shape index (κ3) is 4.82. The first-order chi connectivity index (χ1) is 22.2. The van der Waals surface area contributed by atoms with Crippen LogP contribution < -0.4 is 46.5 Å². The molecule has 0 aliphatic carbocycles. The van der Waals surface area contributed by atoms with Gasteiger partial charge in [0, 0.05) is 72.4 Å². The van der Waals surface area contributed by atoms with E-state index in [9.17, 15) is 5.11 Å². The maximum Gasteiger partial charge on any atom is 0.210 e. The Morgan fingerprint density at radius 1 is 0.894 bits per heavy atom. The van der Waals surface area contributed by atoms with Gasteiger partial charge in [-0.2, -0.15) is 4.39 Å². The predicted octanol–water partition coefficient (Wildman–Crippen LogP) is 1.56. The van der Waals surface area contributed by atoms with Crippen molar-refractivity contribution in [1.29, 1.82) is 0 Å². The number of aryl methyl sites for hydroxylation is 2. The van der Waals surface area contributed by atoms with Crippen molar-refractivity contribution >= 4 is 11.3 Å². The van der Waals surface area contributed by atoms with E-state index < -0.39 is 40.4 Å². The smallest absolute Gasteiger partial charge is 0.210 e. The summed E-state index contributed by atoms with van der Waals surface area (Å²) < 4.78 is 83.1. The van der Waals surface area contributed by atoms with E-state index in [0.29, 0.717) is 28.9 Å².